The second-order valence-corrected chi connectivity index (χ2v) is 6.77. The fourth-order valence-corrected chi connectivity index (χ4v) is 2.07. The molecule has 0 aromatic heterocycles. The average molecular weight is 234 g/mol. The number of carbonyl (C=O) groups is 1. The Bertz CT molecular complexity index is 342. The van der Waals surface area contributed by atoms with Crippen LogP contribution >= 0.6 is 0 Å². The van der Waals surface area contributed by atoms with Crippen LogP contribution in [0.3, 0.4) is 0 Å². The van der Waals surface area contributed by atoms with E-state index >= 15 is 0 Å². The maximum atomic E-state index is 11.5. The van der Waals surface area contributed by atoms with Crippen molar-refractivity contribution in [1.29, 1.82) is 0 Å². The molecule has 0 saturated carbocycles. The van der Waals surface area contributed by atoms with Gasteiger partial charge in [-0.05, 0) is 27.2 Å². The van der Waals surface area contributed by atoms with Crippen molar-refractivity contribution < 1.29 is 18.3 Å². The van der Waals surface area contributed by atoms with Crippen molar-refractivity contribution in [2.75, 3.05) is 5.75 Å². The summed E-state index contributed by atoms with van der Waals surface area (Å²) in [6.07, 6.45) is 1.34. The largest absolute Gasteiger partial charge is 0.481 e. The SMILES string of the molecule is C=CC(C)(CCS(=O)(=O)C(C)C)C(=O)O. The Balaban J connectivity index is 4.64. The Morgan fingerprint density at radius 3 is 2.27 bits per heavy atom. The fraction of sp³-hybridized carbons (Fsp3) is 0.700. The maximum Gasteiger partial charge on any atom is 0.313 e. The number of sulfone groups is 1. The average Bonchev–Trinajstić information content (AvgIpc) is 2.13. The molecule has 0 heterocycles. The molecule has 0 fully saturated rings. The van der Waals surface area contributed by atoms with Crippen LogP contribution in [0.25, 0.3) is 0 Å². The molecule has 15 heavy (non-hydrogen) atoms. The predicted molar refractivity (Wildman–Crippen MR) is 59.5 cm³/mol. The summed E-state index contributed by atoms with van der Waals surface area (Å²) in [6, 6.07) is 0. The molecule has 1 N–H and O–H groups in total. The number of hydrogen-bond donors (Lipinski definition) is 1. The molecular formula is C10H18O4S. The first kappa shape index (κ1) is 14.2. The van der Waals surface area contributed by atoms with Crippen LogP contribution in [0.4, 0.5) is 0 Å². The first-order chi connectivity index (χ1) is 6.65. The summed E-state index contributed by atoms with van der Waals surface area (Å²) in [7, 11) is -3.19. The van der Waals surface area contributed by atoms with Crippen LogP contribution in [0.5, 0.6) is 0 Å². The Hall–Kier alpha value is -0.840. The van der Waals surface area contributed by atoms with Crippen molar-refractivity contribution in [1.82, 2.24) is 0 Å². The van der Waals surface area contributed by atoms with Crippen molar-refractivity contribution >= 4 is 15.8 Å². The van der Waals surface area contributed by atoms with E-state index in [1.807, 2.05) is 0 Å². The Morgan fingerprint density at radius 2 is 2.00 bits per heavy atom. The molecule has 1 atom stereocenters. The van der Waals surface area contributed by atoms with Crippen LogP contribution in [-0.4, -0.2) is 30.5 Å². The van der Waals surface area contributed by atoms with Gasteiger partial charge in [-0.1, -0.05) is 6.08 Å². The molecule has 4 nitrogen and oxygen atoms in total. The van der Waals surface area contributed by atoms with Crippen molar-refractivity contribution in [3.63, 3.8) is 0 Å². The lowest BCUT2D eigenvalue weighted by Crippen LogP contribution is -2.29. The highest BCUT2D eigenvalue weighted by Gasteiger charge is 2.31. The lowest BCUT2D eigenvalue weighted by atomic mass is 9.88. The molecular weight excluding hydrogens is 216 g/mol. The molecule has 0 saturated heterocycles. The van der Waals surface area contributed by atoms with Crippen molar-refractivity contribution in [2.45, 2.75) is 32.4 Å². The van der Waals surface area contributed by atoms with E-state index in [-0.39, 0.29) is 12.2 Å². The monoisotopic (exact) mass is 234 g/mol. The minimum absolute atomic E-state index is 0.0619. The molecule has 0 bridgehead atoms. The summed E-state index contributed by atoms with van der Waals surface area (Å²) >= 11 is 0. The lowest BCUT2D eigenvalue weighted by Gasteiger charge is -2.20. The molecule has 0 radical (unpaired) electrons. The Kier molecular flexibility index (Phi) is 4.52. The first-order valence-corrected chi connectivity index (χ1v) is 6.46. The van der Waals surface area contributed by atoms with Gasteiger partial charge in [0.1, 0.15) is 0 Å². The van der Waals surface area contributed by atoms with Gasteiger partial charge in [-0.3, -0.25) is 4.79 Å². The van der Waals surface area contributed by atoms with Crippen molar-refractivity contribution in [2.24, 2.45) is 5.41 Å². The van der Waals surface area contributed by atoms with Crippen LogP contribution in [0.2, 0.25) is 0 Å². The van der Waals surface area contributed by atoms with Crippen molar-refractivity contribution in [3.05, 3.63) is 12.7 Å². The number of hydrogen-bond acceptors (Lipinski definition) is 3. The zero-order valence-electron chi connectivity index (χ0n) is 9.36. The van der Waals surface area contributed by atoms with E-state index in [1.54, 1.807) is 13.8 Å². The van der Waals surface area contributed by atoms with E-state index in [9.17, 15) is 13.2 Å². The van der Waals surface area contributed by atoms with Gasteiger partial charge in [0, 0.05) is 0 Å². The zero-order chi connectivity index (χ0) is 12.3. The highest BCUT2D eigenvalue weighted by atomic mass is 32.2. The quantitative estimate of drug-likeness (QED) is 0.706. The van der Waals surface area contributed by atoms with Crippen molar-refractivity contribution in [3.8, 4) is 0 Å². The molecule has 5 heteroatoms. The van der Waals surface area contributed by atoms with Gasteiger partial charge in [0.25, 0.3) is 0 Å². The highest BCUT2D eigenvalue weighted by Crippen LogP contribution is 2.24. The number of carboxylic acids is 1. The van der Waals surface area contributed by atoms with E-state index in [0.29, 0.717) is 0 Å². The zero-order valence-corrected chi connectivity index (χ0v) is 10.2. The van der Waals surface area contributed by atoms with Gasteiger partial charge in [-0.2, -0.15) is 0 Å². The third-order valence-electron chi connectivity index (χ3n) is 2.56. The van der Waals surface area contributed by atoms with E-state index in [4.69, 9.17) is 5.11 Å². The first-order valence-electron chi connectivity index (χ1n) is 4.74. The number of carboxylic acid groups (broad SMARTS) is 1. The van der Waals surface area contributed by atoms with E-state index in [1.165, 1.54) is 13.0 Å². The highest BCUT2D eigenvalue weighted by molar-refractivity contribution is 7.91. The Labute approximate surface area is 90.9 Å². The third kappa shape index (κ3) is 3.66. The smallest absolute Gasteiger partial charge is 0.313 e. The number of rotatable bonds is 6. The molecule has 0 aliphatic carbocycles. The van der Waals surface area contributed by atoms with Gasteiger partial charge in [-0.15, -0.1) is 6.58 Å². The van der Waals surface area contributed by atoms with E-state index in [0.717, 1.165) is 0 Å². The summed E-state index contributed by atoms with van der Waals surface area (Å²) in [5, 5.41) is 8.43. The van der Waals surface area contributed by atoms with Crippen LogP contribution in [0, 0.1) is 5.41 Å². The summed E-state index contributed by atoms with van der Waals surface area (Å²) in [4.78, 5) is 10.9. The van der Waals surface area contributed by atoms with Crippen LogP contribution in [-0.2, 0) is 14.6 Å². The normalized spacial score (nSPS) is 16.0. The maximum absolute atomic E-state index is 11.5. The second-order valence-electron chi connectivity index (χ2n) is 4.09. The molecule has 0 spiro atoms. The molecule has 0 aliphatic heterocycles. The Morgan fingerprint density at radius 1 is 1.53 bits per heavy atom. The molecule has 0 amide bonds. The molecule has 0 aromatic rings. The molecule has 1 unspecified atom stereocenters. The summed E-state index contributed by atoms with van der Waals surface area (Å²) in [6.45, 7) is 8.06. The van der Waals surface area contributed by atoms with E-state index < -0.39 is 26.5 Å². The van der Waals surface area contributed by atoms with Crippen LogP contribution < -0.4 is 0 Å². The predicted octanol–water partition coefficient (Wildman–Crippen LogP) is 1.48. The minimum Gasteiger partial charge on any atom is -0.481 e. The van der Waals surface area contributed by atoms with Crippen LogP contribution in [0.1, 0.15) is 27.2 Å². The lowest BCUT2D eigenvalue weighted by molar-refractivity contribution is -0.145. The second kappa shape index (κ2) is 4.79. The molecule has 0 aromatic carbocycles. The molecule has 0 aliphatic rings. The van der Waals surface area contributed by atoms with Gasteiger partial charge in [-0.25, -0.2) is 8.42 Å². The van der Waals surface area contributed by atoms with Gasteiger partial charge in [0.15, 0.2) is 9.84 Å². The van der Waals surface area contributed by atoms with E-state index in [2.05, 4.69) is 6.58 Å². The summed E-state index contributed by atoms with van der Waals surface area (Å²) in [5.74, 6) is -1.17. The molecule has 0 rings (SSSR count). The van der Waals surface area contributed by atoms with Gasteiger partial charge in [0.05, 0.1) is 16.4 Å². The standard InChI is InChI=1S/C10H18O4S/c1-5-10(4,9(11)12)6-7-15(13,14)8(2)3/h5,8H,1,6-7H2,2-4H3,(H,11,12). The van der Waals surface area contributed by atoms with Gasteiger partial charge >= 0.3 is 5.97 Å². The fourth-order valence-electron chi connectivity index (χ4n) is 0.886. The van der Waals surface area contributed by atoms with Crippen LogP contribution in [0.15, 0.2) is 12.7 Å². The minimum atomic E-state index is -3.19. The summed E-state index contributed by atoms with van der Waals surface area (Å²) in [5.41, 5.74) is -1.16. The van der Waals surface area contributed by atoms with Gasteiger partial charge in [0.2, 0.25) is 0 Å². The summed E-state index contributed by atoms with van der Waals surface area (Å²) < 4.78 is 23.0. The number of aliphatic carboxylic acids is 1. The third-order valence-corrected chi connectivity index (χ3v) is 4.77. The topological polar surface area (TPSA) is 71.4 Å². The van der Waals surface area contributed by atoms with Gasteiger partial charge < -0.3 is 5.11 Å². The molecule has 88 valence electrons.